The molecule has 1 aromatic carbocycles. The van der Waals surface area contributed by atoms with Crippen molar-refractivity contribution in [3.8, 4) is 16.9 Å². The van der Waals surface area contributed by atoms with Gasteiger partial charge in [-0.2, -0.15) is 0 Å². The van der Waals surface area contributed by atoms with Crippen molar-refractivity contribution in [3.63, 3.8) is 0 Å². The Kier molecular flexibility index (Phi) is 6.34. The second-order valence-electron chi connectivity index (χ2n) is 8.78. The van der Waals surface area contributed by atoms with E-state index in [1.165, 1.54) is 4.90 Å². The molecule has 2 amide bonds. The standard InChI is InChI=1S/C23H25Cl2N3O4/c1-23(2,31)16-3-5-27(6-4-16)20(29)12-28-21(30)13-32-19-9-15(11-26-22(19)28)14-7-17(24)10-18(25)8-14/h7-11,16,31H,3-6,12-13H2,1-2H3. The number of carbonyl (C=O) groups is 2. The Hall–Kier alpha value is -2.35. The SMILES string of the molecule is CC(C)(O)C1CCN(C(=O)CN2C(=O)COc3cc(-c4cc(Cl)cc(Cl)c4)cnc32)CC1. The Balaban J connectivity index is 1.50. The third-order valence-electron chi connectivity index (χ3n) is 6.08. The van der Waals surface area contributed by atoms with Gasteiger partial charge >= 0.3 is 0 Å². The normalized spacial score (nSPS) is 17.2. The third kappa shape index (κ3) is 4.85. The molecule has 0 saturated carbocycles. The van der Waals surface area contributed by atoms with E-state index in [0.717, 1.165) is 24.0 Å². The van der Waals surface area contributed by atoms with Crippen LogP contribution in [0.2, 0.25) is 10.0 Å². The van der Waals surface area contributed by atoms with Crippen LogP contribution >= 0.6 is 23.2 Å². The Morgan fingerprint density at radius 1 is 1.16 bits per heavy atom. The summed E-state index contributed by atoms with van der Waals surface area (Å²) in [6.07, 6.45) is 3.06. The minimum Gasteiger partial charge on any atom is -0.480 e. The zero-order valence-corrected chi connectivity index (χ0v) is 19.5. The fourth-order valence-corrected chi connectivity index (χ4v) is 4.72. The molecule has 1 saturated heterocycles. The van der Waals surface area contributed by atoms with E-state index in [4.69, 9.17) is 27.9 Å². The van der Waals surface area contributed by atoms with Crippen LogP contribution in [0.15, 0.2) is 30.5 Å². The van der Waals surface area contributed by atoms with Gasteiger partial charge in [0, 0.05) is 34.9 Å². The Bertz CT molecular complexity index is 1030. The summed E-state index contributed by atoms with van der Waals surface area (Å²) in [5.74, 6) is 0.429. The third-order valence-corrected chi connectivity index (χ3v) is 6.51. The van der Waals surface area contributed by atoms with E-state index in [0.29, 0.717) is 34.7 Å². The van der Waals surface area contributed by atoms with Crippen molar-refractivity contribution in [2.45, 2.75) is 32.3 Å². The number of amides is 2. The number of hydrogen-bond acceptors (Lipinski definition) is 5. The van der Waals surface area contributed by atoms with Gasteiger partial charge in [-0.15, -0.1) is 0 Å². The zero-order chi connectivity index (χ0) is 23.0. The monoisotopic (exact) mass is 477 g/mol. The van der Waals surface area contributed by atoms with E-state index in [2.05, 4.69) is 4.98 Å². The highest BCUT2D eigenvalue weighted by molar-refractivity contribution is 6.35. The molecule has 0 radical (unpaired) electrons. The molecule has 32 heavy (non-hydrogen) atoms. The first-order chi connectivity index (χ1) is 15.1. The highest BCUT2D eigenvalue weighted by Gasteiger charge is 2.34. The average Bonchev–Trinajstić information content (AvgIpc) is 2.74. The maximum Gasteiger partial charge on any atom is 0.266 e. The molecule has 1 fully saturated rings. The van der Waals surface area contributed by atoms with Crippen molar-refractivity contribution < 1.29 is 19.4 Å². The van der Waals surface area contributed by atoms with Crippen LogP contribution in [0.4, 0.5) is 5.82 Å². The van der Waals surface area contributed by atoms with Gasteiger partial charge in [-0.25, -0.2) is 4.98 Å². The van der Waals surface area contributed by atoms with Crippen LogP contribution in [0.3, 0.4) is 0 Å². The van der Waals surface area contributed by atoms with Gasteiger partial charge in [-0.1, -0.05) is 23.2 Å². The number of pyridine rings is 1. The molecule has 0 unspecified atom stereocenters. The molecule has 170 valence electrons. The fourth-order valence-electron chi connectivity index (χ4n) is 4.19. The van der Waals surface area contributed by atoms with Crippen LogP contribution in [0.25, 0.3) is 11.1 Å². The molecule has 4 rings (SSSR count). The number of piperidine rings is 1. The number of benzene rings is 1. The number of anilines is 1. The van der Waals surface area contributed by atoms with Crippen molar-refractivity contribution in [2.75, 3.05) is 31.1 Å². The summed E-state index contributed by atoms with van der Waals surface area (Å²) in [4.78, 5) is 33.0. The maximum atomic E-state index is 12.9. The van der Waals surface area contributed by atoms with Crippen LogP contribution in [-0.4, -0.2) is 58.6 Å². The first kappa shape index (κ1) is 22.8. The second kappa shape index (κ2) is 8.89. The molecule has 0 atom stereocenters. The first-order valence-electron chi connectivity index (χ1n) is 10.5. The highest BCUT2D eigenvalue weighted by atomic mass is 35.5. The number of halogens is 2. The van der Waals surface area contributed by atoms with Crippen molar-refractivity contribution in [2.24, 2.45) is 5.92 Å². The van der Waals surface area contributed by atoms with Crippen molar-refractivity contribution in [1.82, 2.24) is 9.88 Å². The summed E-state index contributed by atoms with van der Waals surface area (Å²) < 4.78 is 5.59. The number of likely N-dealkylation sites (tertiary alicyclic amines) is 1. The zero-order valence-electron chi connectivity index (χ0n) is 18.0. The molecule has 0 aliphatic carbocycles. The molecule has 7 nitrogen and oxygen atoms in total. The van der Waals surface area contributed by atoms with Gasteiger partial charge in [0.05, 0.1) is 5.60 Å². The Morgan fingerprint density at radius 3 is 2.44 bits per heavy atom. The van der Waals surface area contributed by atoms with Crippen LogP contribution in [0.1, 0.15) is 26.7 Å². The molecule has 0 bridgehead atoms. The predicted molar refractivity (Wildman–Crippen MR) is 123 cm³/mol. The summed E-state index contributed by atoms with van der Waals surface area (Å²) in [6.45, 7) is 4.45. The van der Waals surface area contributed by atoms with Gasteiger partial charge in [0.1, 0.15) is 6.54 Å². The van der Waals surface area contributed by atoms with Crippen LogP contribution in [-0.2, 0) is 9.59 Å². The smallest absolute Gasteiger partial charge is 0.266 e. The van der Waals surface area contributed by atoms with E-state index in [1.807, 2.05) is 0 Å². The number of carbonyl (C=O) groups excluding carboxylic acids is 2. The van der Waals surface area contributed by atoms with Crippen LogP contribution in [0.5, 0.6) is 5.75 Å². The lowest BCUT2D eigenvalue weighted by molar-refractivity contribution is -0.134. The number of ether oxygens (including phenoxy) is 1. The van der Waals surface area contributed by atoms with Gasteiger partial charge < -0.3 is 14.7 Å². The van der Waals surface area contributed by atoms with Gasteiger partial charge in [0.25, 0.3) is 5.91 Å². The van der Waals surface area contributed by atoms with Crippen molar-refractivity contribution in [1.29, 1.82) is 0 Å². The highest BCUT2D eigenvalue weighted by Crippen LogP contribution is 2.35. The molecule has 1 N–H and O–H groups in total. The second-order valence-corrected chi connectivity index (χ2v) is 9.65. The lowest BCUT2D eigenvalue weighted by atomic mass is 9.83. The minimum absolute atomic E-state index is 0.0995. The number of fused-ring (bicyclic) bond motifs is 1. The summed E-state index contributed by atoms with van der Waals surface area (Å²) in [5, 5.41) is 11.2. The van der Waals surface area contributed by atoms with E-state index >= 15 is 0 Å². The van der Waals surface area contributed by atoms with Crippen LogP contribution in [0, 0.1) is 5.92 Å². The molecular weight excluding hydrogens is 453 g/mol. The van der Waals surface area contributed by atoms with Gasteiger partial charge in [-0.3, -0.25) is 14.5 Å². The van der Waals surface area contributed by atoms with Crippen molar-refractivity contribution >= 4 is 40.8 Å². The van der Waals surface area contributed by atoms with E-state index in [9.17, 15) is 14.7 Å². The van der Waals surface area contributed by atoms with E-state index in [1.54, 1.807) is 49.2 Å². The maximum absolute atomic E-state index is 12.9. The lowest BCUT2D eigenvalue weighted by Crippen LogP contribution is -2.50. The summed E-state index contributed by atoms with van der Waals surface area (Å²) in [7, 11) is 0. The van der Waals surface area contributed by atoms with Gasteiger partial charge in [0.15, 0.2) is 18.2 Å². The van der Waals surface area contributed by atoms with Gasteiger partial charge in [0.2, 0.25) is 5.91 Å². The minimum atomic E-state index is -0.761. The van der Waals surface area contributed by atoms with Crippen molar-refractivity contribution in [3.05, 3.63) is 40.5 Å². The summed E-state index contributed by atoms with van der Waals surface area (Å²) in [6, 6.07) is 6.95. The summed E-state index contributed by atoms with van der Waals surface area (Å²) >= 11 is 12.2. The molecule has 0 spiro atoms. The first-order valence-corrected chi connectivity index (χ1v) is 11.3. The Labute approximate surface area is 196 Å². The fraction of sp³-hybridized carbons (Fsp3) is 0.435. The number of aliphatic hydroxyl groups is 1. The quantitative estimate of drug-likeness (QED) is 0.723. The molecule has 9 heteroatoms. The molecule has 3 heterocycles. The summed E-state index contributed by atoms with van der Waals surface area (Å²) in [5.41, 5.74) is 0.751. The van der Waals surface area contributed by atoms with E-state index in [-0.39, 0.29) is 30.9 Å². The molecule has 2 aromatic rings. The Morgan fingerprint density at radius 2 is 1.81 bits per heavy atom. The number of aromatic nitrogens is 1. The molecule has 1 aromatic heterocycles. The van der Waals surface area contributed by atoms with Gasteiger partial charge in [-0.05, 0) is 62.4 Å². The predicted octanol–water partition coefficient (Wildman–Crippen LogP) is 3.79. The number of hydrogen-bond donors (Lipinski definition) is 1. The molecule has 2 aliphatic heterocycles. The largest absolute Gasteiger partial charge is 0.480 e. The topological polar surface area (TPSA) is 83.0 Å². The molecular formula is C23H25Cl2N3O4. The number of nitrogens with zero attached hydrogens (tertiary/aromatic N) is 3. The lowest BCUT2D eigenvalue weighted by Gasteiger charge is -2.38. The number of rotatable bonds is 4. The average molecular weight is 478 g/mol. The van der Waals surface area contributed by atoms with E-state index < -0.39 is 5.60 Å². The van der Waals surface area contributed by atoms with Crippen LogP contribution < -0.4 is 9.64 Å². The molecule has 2 aliphatic rings.